The Morgan fingerprint density at radius 3 is 2.74 bits per heavy atom. The lowest BCUT2D eigenvalue weighted by Crippen LogP contribution is -2.68. The predicted octanol–water partition coefficient (Wildman–Crippen LogP) is 1.76. The van der Waals surface area contributed by atoms with Gasteiger partial charge in [0.15, 0.2) is 5.96 Å². The summed E-state index contributed by atoms with van der Waals surface area (Å²) in [6.45, 7) is 10.7. The summed E-state index contributed by atoms with van der Waals surface area (Å²) >= 11 is 0. The van der Waals surface area contributed by atoms with Crippen LogP contribution in [0.5, 0.6) is 0 Å². The zero-order valence-electron chi connectivity index (χ0n) is 12.6. The molecule has 0 spiro atoms. The molecule has 2 N–H and O–H groups in total. The van der Waals surface area contributed by atoms with Crippen LogP contribution in [0.4, 0.5) is 0 Å². The van der Waals surface area contributed by atoms with Gasteiger partial charge in [0.05, 0.1) is 6.10 Å². The third-order valence-electron chi connectivity index (χ3n) is 5.14. The van der Waals surface area contributed by atoms with Crippen LogP contribution in [0.2, 0.25) is 0 Å². The van der Waals surface area contributed by atoms with Crippen LogP contribution in [-0.4, -0.2) is 37.3 Å². The second kappa shape index (κ2) is 4.65. The van der Waals surface area contributed by atoms with Crippen LogP contribution in [0, 0.1) is 17.3 Å². The van der Waals surface area contributed by atoms with E-state index in [2.05, 4.69) is 43.3 Å². The van der Waals surface area contributed by atoms with E-state index >= 15 is 0 Å². The molecule has 1 heterocycles. The first-order valence-corrected chi connectivity index (χ1v) is 7.73. The maximum atomic E-state index is 5.85. The summed E-state index contributed by atoms with van der Waals surface area (Å²) in [6.07, 6.45) is 2.89. The standard InChI is InChI=1S/C15H27N3O/c1-5-16-14(17-11-8-9(11)2)18-12-10-6-7-19-13(10)15(12,3)4/h9-13H,5-8H2,1-4H3,(H2,16,17,18). The Morgan fingerprint density at radius 1 is 1.37 bits per heavy atom. The van der Waals surface area contributed by atoms with E-state index in [1.807, 2.05) is 0 Å². The highest BCUT2D eigenvalue weighted by molar-refractivity contribution is 5.81. The van der Waals surface area contributed by atoms with Crippen LogP contribution in [0.1, 0.15) is 40.5 Å². The van der Waals surface area contributed by atoms with Crippen LogP contribution in [0.3, 0.4) is 0 Å². The second-order valence-electron chi connectivity index (χ2n) is 6.97. The van der Waals surface area contributed by atoms with E-state index in [1.54, 1.807) is 0 Å². The van der Waals surface area contributed by atoms with Gasteiger partial charge in [-0.1, -0.05) is 20.8 Å². The highest BCUT2D eigenvalue weighted by atomic mass is 16.5. The minimum atomic E-state index is 0.215. The number of hydrogen-bond donors (Lipinski definition) is 2. The highest BCUT2D eigenvalue weighted by Crippen LogP contribution is 2.52. The number of nitrogens with one attached hydrogen (secondary N) is 2. The summed E-state index contributed by atoms with van der Waals surface area (Å²) in [7, 11) is 0. The van der Waals surface area contributed by atoms with Gasteiger partial charge in [0, 0.05) is 36.6 Å². The topological polar surface area (TPSA) is 45.7 Å². The molecular formula is C15H27N3O. The molecule has 19 heavy (non-hydrogen) atoms. The Bertz CT molecular complexity index is 380. The first-order valence-electron chi connectivity index (χ1n) is 7.73. The number of aliphatic imine (C=N–C) groups is 1. The molecule has 4 nitrogen and oxygen atoms in total. The third kappa shape index (κ3) is 2.24. The number of fused-ring (bicyclic) bond motifs is 1. The molecule has 1 aliphatic heterocycles. The van der Waals surface area contributed by atoms with Crippen molar-refractivity contribution in [2.24, 2.45) is 22.2 Å². The van der Waals surface area contributed by atoms with Gasteiger partial charge in [0.25, 0.3) is 0 Å². The van der Waals surface area contributed by atoms with Crippen LogP contribution in [0.15, 0.2) is 4.99 Å². The van der Waals surface area contributed by atoms with E-state index in [9.17, 15) is 0 Å². The Kier molecular flexibility index (Phi) is 3.24. The first-order chi connectivity index (χ1) is 9.04. The van der Waals surface area contributed by atoms with E-state index in [0.29, 0.717) is 24.1 Å². The molecule has 108 valence electrons. The summed E-state index contributed by atoms with van der Waals surface area (Å²) in [5, 5.41) is 7.22. The van der Waals surface area contributed by atoms with Crippen molar-refractivity contribution in [3.63, 3.8) is 0 Å². The van der Waals surface area contributed by atoms with Gasteiger partial charge in [-0.05, 0) is 25.7 Å². The molecule has 2 saturated carbocycles. The maximum Gasteiger partial charge on any atom is 0.191 e. The molecule has 1 saturated heterocycles. The Balaban J connectivity index is 1.63. The van der Waals surface area contributed by atoms with Gasteiger partial charge in [0.1, 0.15) is 0 Å². The zero-order chi connectivity index (χ0) is 13.6. The van der Waals surface area contributed by atoms with Gasteiger partial charge < -0.3 is 15.4 Å². The molecule has 2 aliphatic carbocycles. The van der Waals surface area contributed by atoms with E-state index in [0.717, 1.165) is 25.0 Å². The van der Waals surface area contributed by atoms with Gasteiger partial charge in [0.2, 0.25) is 0 Å². The van der Waals surface area contributed by atoms with Gasteiger partial charge in [-0.3, -0.25) is 4.99 Å². The fraction of sp³-hybridized carbons (Fsp3) is 0.933. The zero-order valence-corrected chi connectivity index (χ0v) is 12.6. The normalized spacial score (nSPS) is 43.4. The minimum Gasteiger partial charge on any atom is -0.377 e. The molecule has 5 unspecified atom stereocenters. The van der Waals surface area contributed by atoms with Crippen molar-refractivity contribution in [2.75, 3.05) is 13.2 Å². The average Bonchev–Trinajstić information content (AvgIpc) is 2.90. The van der Waals surface area contributed by atoms with E-state index < -0.39 is 0 Å². The lowest BCUT2D eigenvalue weighted by molar-refractivity contribution is -0.106. The van der Waals surface area contributed by atoms with Crippen LogP contribution < -0.4 is 10.6 Å². The van der Waals surface area contributed by atoms with Crippen LogP contribution in [0.25, 0.3) is 0 Å². The van der Waals surface area contributed by atoms with E-state index in [4.69, 9.17) is 4.74 Å². The molecule has 5 atom stereocenters. The number of nitrogens with zero attached hydrogens (tertiary/aromatic N) is 1. The van der Waals surface area contributed by atoms with Crippen molar-refractivity contribution in [3.05, 3.63) is 0 Å². The molecule has 0 amide bonds. The Morgan fingerprint density at radius 2 is 2.11 bits per heavy atom. The van der Waals surface area contributed by atoms with Gasteiger partial charge in [-0.15, -0.1) is 0 Å². The molecule has 0 aromatic rings. The van der Waals surface area contributed by atoms with Crippen molar-refractivity contribution in [3.8, 4) is 0 Å². The largest absolute Gasteiger partial charge is 0.377 e. The first kappa shape index (κ1) is 13.2. The monoisotopic (exact) mass is 265 g/mol. The molecule has 3 fully saturated rings. The number of hydrogen-bond acceptors (Lipinski definition) is 2. The Labute approximate surface area is 116 Å². The van der Waals surface area contributed by atoms with Crippen molar-refractivity contribution in [2.45, 2.75) is 58.7 Å². The molecule has 0 aromatic carbocycles. The minimum absolute atomic E-state index is 0.215. The number of guanidine groups is 1. The predicted molar refractivity (Wildman–Crippen MR) is 77.2 cm³/mol. The lowest BCUT2D eigenvalue weighted by atomic mass is 9.57. The molecular weight excluding hydrogens is 238 g/mol. The van der Waals surface area contributed by atoms with E-state index in [1.165, 1.54) is 12.8 Å². The summed E-state index contributed by atoms with van der Waals surface area (Å²) in [5.41, 5.74) is 0.215. The molecule has 3 rings (SSSR count). The Hall–Kier alpha value is -0.770. The number of ether oxygens (including phenoxy) is 1. The highest BCUT2D eigenvalue weighted by Gasteiger charge is 2.59. The van der Waals surface area contributed by atoms with E-state index in [-0.39, 0.29) is 5.41 Å². The third-order valence-corrected chi connectivity index (χ3v) is 5.14. The van der Waals surface area contributed by atoms with Gasteiger partial charge in [-0.2, -0.15) is 0 Å². The second-order valence-corrected chi connectivity index (χ2v) is 6.97. The van der Waals surface area contributed by atoms with Gasteiger partial charge >= 0.3 is 0 Å². The van der Waals surface area contributed by atoms with Crippen molar-refractivity contribution in [1.29, 1.82) is 0 Å². The fourth-order valence-electron chi connectivity index (χ4n) is 3.75. The van der Waals surface area contributed by atoms with Crippen LogP contribution in [-0.2, 0) is 4.74 Å². The van der Waals surface area contributed by atoms with Crippen molar-refractivity contribution >= 4 is 5.96 Å². The van der Waals surface area contributed by atoms with Crippen molar-refractivity contribution in [1.82, 2.24) is 10.6 Å². The fourth-order valence-corrected chi connectivity index (χ4v) is 3.75. The SMILES string of the molecule is CCN=C(NC1CC1C)NC1C2CCOC2C1(C)C. The molecule has 0 bridgehead atoms. The lowest BCUT2D eigenvalue weighted by Gasteiger charge is -2.55. The van der Waals surface area contributed by atoms with Crippen molar-refractivity contribution < 1.29 is 4.74 Å². The molecule has 0 aromatic heterocycles. The number of rotatable bonds is 3. The van der Waals surface area contributed by atoms with Crippen LogP contribution >= 0.6 is 0 Å². The summed E-state index contributed by atoms with van der Waals surface area (Å²) < 4.78 is 5.85. The summed E-state index contributed by atoms with van der Waals surface area (Å²) in [5.74, 6) is 2.46. The molecule has 0 radical (unpaired) electrons. The summed E-state index contributed by atoms with van der Waals surface area (Å²) in [4.78, 5) is 4.59. The summed E-state index contributed by atoms with van der Waals surface area (Å²) in [6, 6.07) is 1.11. The maximum absolute atomic E-state index is 5.85. The quantitative estimate of drug-likeness (QED) is 0.604. The average molecular weight is 265 g/mol. The van der Waals surface area contributed by atoms with Gasteiger partial charge in [-0.25, -0.2) is 0 Å². The smallest absolute Gasteiger partial charge is 0.191 e. The molecule has 4 heteroatoms. The molecule has 3 aliphatic rings.